The zero-order valence-corrected chi connectivity index (χ0v) is 13.5. The lowest BCUT2D eigenvalue weighted by Crippen LogP contribution is -2.22. The van der Waals surface area contributed by atoms with Crippen molar-refractivity contribution in [1.29, 1.82) is 0 Å². The summed E-state index contributed by atoms with van der Waals surface area (Å²) in [4.78, 5) is 16.3. The summed E-state index contributed by atoms with van der Waals surface area (Å²) in [6, 6.07) is 5.60. The monoisotopic (exact) mass is 288 g/mol. The largest absolute Gasteiger partial charge is 0.478 e. The molecule has 0 aliphatic rings. The van der Waals surface area contributed by atoms with Gasteiger partial charge in [0, 0.05) is 11.5 Å². The quantitative estimate of drug-likeness (QED) is 0.907. The van der Waals surface area contributed by atoms with E-state index in [1.807, 2.05) is 6.07 Å². The molecule has 0 atom stereocenters. The molecular weight excluding hydrogens is 264 g/mol. The second-order valence-corrected chi connectivity index (χ2v) is 6.50. The lowest BCUT2D eigenvalue weighted by molar-refractivity contribution is 0.0698. The first-order chi connectivity index (χ1) is 9.81. The van der Waals surface area contributed by atoms with E-state index in [-0.39, 0.29) is 11.5 Å². The predicted molar refractivity (Wildman–Crippen MR) is 85.0 cm³/mol. The molecule has 0 spiro atoms. The third kappa shape index (κ3) is 2.67. The van der Waals surface area contributed by atoms with Crippen molar-refractivity contribution in [2.75, 3.05) is 0 Å². The van der Waals surface area contributed by atoms with Gasteiger partial charge in [0.25, 0.3) is 0 Å². The maximum atomic E-state index is 11.6. The molecule has 0 amide bonds. The Morgan fingerprint density at radius 3 is 2.38 bits per heavy atom. The van der Waals surface area contributed by atoms with E-state index < -0.39 is 5.97 Å². The van der Waals surface area contributed by atoms with Crippen molar-refractivity contribution < 1.29 is 9.90 Å². The third-order valence-electron chi connectivity index (χ3n) is 3.92. The summed E-state index contributed by atoms with van der Waals surface area (Å²) in [5.74, 6) is 0.0630. The fourth-order valence-electron chi connectivity index (χ4n) is 2.86. The van der Waals surface area contributed by atoms with E-state index in [0.29, 0.717) is 5.56 Å². The Hall–Kier alpha value is -1.84. The minimum atomic E-state index is -0.895. The second-order valence-electron chi connectivity index (χ2n) is 6.50. The summed E-state index contributed by atoms with van der Waals surface area (Å²) in [5.41, 5.74) is 1.73. The molecule has 2 rings (SSSR count). The number of rotatable bonds is 4. The number of imidazole rings is 1. The smallest absolute Gasteiger partial charge is 0.337 e. The molecule has 1 aromatic heterocycles. The molecule has 114 valence electrons. The molecule has 0 saturated carbocycles. The van der Waals surface area contributed by atoms with Gasteiger partial charge in [-0.3, -0.25) is 0 Å². The van der Waals surface area contributed by atoms with Crippen LogP contribution >= 0.6 is 0 Å². The zero-order chi connectivity index (χ0) is 15.8. The van der Waals surface area contributed by atoms with Gasteiger partial charge in [-0.2, -0.15) is 0 Å². The molecule has 0 fully saturated rings. The number of carboxylic acids is 1. The van der Waals surface area contributed by atoms with Crippen molar-refractivity contribution in [1.82, 2.24) is 9.55 Å². The molecule has 4 heteroatoms. The average Bonchev–Trinajstić information content (AvgIpc) is 2.80. The van der Waals surface area contributed by atoms with Crippen LogP contribution in [0.15, 0.2) is 18.2 Å². The topological polar surface area (TPSA) is 55.1 Å². The number of fused-ring (bicyclic) bond motifs is 1. The normalized spacial score (nSPS) is 12.3. The molecule has 0 radical (unpaired) electrons. The molecule has 2 aromatic rings. The number of aromatic nitrogens is 2. The van der Waals surface area contributed by atoms with Crippen molar-refractivity contribution in [2.45, 2.75) is 58.9 Å². The third-order valence-corrected chi connectivity index (χ3v) is 3.92. The van der Waals surface area contributed by atoms with Crippen LogP contribution in [0.25, 0.3) is 11.0 Å². The Labute approximate surface area is 125 Å². The Morgan fingerprint density at radius 1 is 1.29 bits per heavy atom. The molecule has 1 heterocycles. The number of hydrogen-bond donors (Lipinski definition) is 1. The highest BCUT2D eigenvalue weighted by Crippen LogP contribution is 2.33. The van der Waals surface area contributed by atoms with Crippen LogP contribution in [0.4, 0.5) is 0 Å². The number of benzene rings is 1. The molecule has 0 aliphatic heterocycles. The summed E-state index contributed by atoms with van der Waals surface area (Å²) < 4.78 is 2.15. The van der Waals surface area contributed by atoms with Gasteiger partial charge in [0.15, 0.2) is 0 Å². The van der Waals surface area contributed by atoms with E-state index >= 15 is 0 Å². The van der Waals surface area contributed by atoms with Crippen LogP contribution in [-0.4, -0.2) is 20.6 Å². The van der Waals surface area contributed by atoms with Crippen LogP contribution in [0, 0.1) is 0 Å². The summed E-state index contributed by atoms with van der Waals surface area (Å²) in [7, 11) is 0. The fourth-order valence-corrected chi connectivity index (χ4v) is 2.86. The second kappa shape index (κ2) is 5.51. The van der Waals surface area contributed by atoms with E-state index in [0.717, 1.165) is 29.7 Å². The number of para-hydroxylation sites is 1. The molecule has 1 aromatic carbocycles. The molecule has 0 saturated heterocycles. The maximum absolute atomic E-state index is 11.6. The van der Waals surface area contributed by atoms with Gasteiger partial charge in [-0.05, 0) is 25.0 Å². The van der Waals surface area contributed by atoms with Crippen LogP contribution in [0.2, 0.25) is 0 Å². The van der Waals surface area contributed by atoms with E-state index in [4.69, 9.17) is 4.98 Å². The average molecular weight is 288 g/mol. The number of carboxylic acid groups (broad SMARTS) is 1. The first-order valence-corrected chi connectivity index (χ1v) is 7.56. The Morgan fingerprint density at radius 2 is 1.90 bits per heavy atom. The standard InChI is InChI=1S/C17H24N2O2/c1-6-11(7-2)19-14-12(15(20)21)9-8-10-13(14)18-16(19)17(3,4)5/h8-11H,6-7H2,1-5H3,(H,20,21). The van der Waals surface area contributed by atoms with Gasteiger partial charge in [-0.15, -0.1) is 0 Å². The van der Waals surface area contributed by atoms with Crippen molar-refractivity contribution >= 4 is 17.0 Å². The number of hydrogen-bond acceptors (Lipinski definition) is 2. The number of carbonyl (C=O) groups is 1. The minimum Gasteiger partial charge on any atom is -0.478 e. The van der Waals surface area contributed by atoms with Gasteiger partial charge < -0.3 is 9.67 Å². The van der Waals surface area contributed by atoms with E-state index in [1.165, 1.54) is 0 Å². The van der Waals surface area contributed by atoms with Gasteiger partial charge in [0.2, 0.25) is 0 Å². The Kier molecular flexibility index (Phi) is 4.08. The van der Waals surface area contributed by atoms with Gasteiger partial charge in [0.1, 0.15) is 5.82 Å². The molecule has 4 nitrogen and oxygen atoms in total. The van der Waals surface area contributed by atoms with Gasteiger partial charge in [-0.25, -0.2) is 9.78 Å². The highest BCUT2D eigenvalue weighted by atomic mass is 16.4. The van der Waals surface area contributed by atoms with Crippen LogP contribution in [0.1, 0.15) is 69.7 Å². The first-order valence-electron chi connectivity index (χ1n) is 7.56. The molecule has 21 heavy (non-hydrogen) atoms. The zero-order valence-electron chi connectivity index (χ0n) is 13.5. The van der Waals surface area contributed by atoms with E-state index in [1.54, 1.807) is 12.1 Å². The predicted octanol–water partition coefficient (Wildman–Crippen LogP) is 4.39. The highest BCUT2D eigenvalue weighted by molar-refractivity contribution is 6.01. The summed E-state index contributed by atoms with van der Waals surface area (Å²) in [6.45, 7) is 10.6. The van der Waals surface area contributed by atoms with E-state index in [9.17, 15) is 9.90 Å². The lowest BCUT2D eigenvalue weighted by atomic mass is 9.94. The maximum Gasteiger partial charge on any atom is 0.337 e. The molecular formula is C17H24N2O2. The minimum absolute atomic E-state index is 0.128. The van der Waals surface area contributed by atoms with Crippen LogP contribution < -0.4 is 0 Å². The van der Waals surface area contributed by atoms with Gasteiger partial charge in [0.05, 0.1) is 16.6 Å². The fraction of sp³-hybridized carbons (Fsp3) is 0.529. The van der Waals surface area contributed by atoms with Crippen LogP contribution in [0.5, 0.6) is 0 Å². The molecule has 0 aliphatic carbocycles. The first kappa shape index (κ1) is 15.5. The van der Waals surface area contributed by atoms with Crippen molar-refractivity contribution in [2.24, 2.45) is 0 Å². The summed E-state index contributed by atoms with van der Waals surface area (Å²) in [6.07, 6.45) is 1.91. The van der Waals surface area contributed by atoms with Crippen molar-refractivity contribution in [3.8, 4) is 0 Å². The summed E-state index contributed by atoms with van der Waals surface area (Å²) >= 11 is 0. The van der Waals surface area contributed by atoms with Gasteiger partial charge >= 0.3 is 5.97 Å². The van der Waals surface area contributed by atoms with Crippen molar-refractivity contribution in [3.05, 3.63) is 29.6 Å². The number of nitrogens with zero attached hydrogens (tertiary/aromatic N) is 2. The Balaban J connectivity index is 2.89. The molecule has 0 unspecified atom stereocenters. The molecule has 0 bridgehead atoms. The highest BCUT2D eigenvalue weighted by Gasteiger charge is 2.27. The SMILES string of the molecule is CCC(CC)n1c(C(C)(C)C)nc2cccc(C(=O)O)c21. The van der Waals surface area contributed by atoms with Crippen molar-refractivity contribution in [3.63, 3.8) is 0 Å². The summed E-state index contributed by atoms with van der Waals surface area (Å²) in [5, 5.41) is 9.51. The van der Waals surface area contributed by atoms with Gasteiger partial charge in [-0.1, -0.05) is 40.7 Å². The lowest BCUT2D eigenvalue weighted by Gasteiger charge is -2.25. The number of aromatic carboxylic acids is 1. The van der Waals surface area contributed by atoms with Crippen LogP contribution in [0.3, 0.4) is 0 Å². The van der Waals surface area contributed by atoms with Crippen LogP contribution in [-0.2, 0) is 5.41 Å². The van der Waals surface area contributed by atoms with E-state index in [2.05, 4.69) is 39.2 Å². The Bertz CT molecular complexity index is 661. The molecule has 1 N–H and O–H groups in total.